The third-order valence-electron chi connectivity index (χ3n) is 3.40. The quantitative estimate of drug-likeness (QED) is 0.126. The summed E-state index contributed by atoms with van der Waals surface area (Å²) in [5.41, 5.74) is 0. The molecule has 0 heterocycles. The zero-order chi connectivity index (χ0) is 23.4. The minimum atomic E-state index is -3.18. The van der Waals surface area contributed by atoms with Gasteiger partial charge in [-0.1, -0.05) is 0 Å². The second-order valence-electron chi connectivity index (χ2n) is 5.84. The SMILES string of the molecule is CCOP(=O)(CCOCCOCCOC(=O)COCCP(=O)(OCC)OCC)OCC. The number of esters is 1. The molecule has 0 saturated carbocycles. The lowest BCUT2D eigenvalue weighted by Crippen LogP contribution is -2.18. The number of hydrogen-bond acceptors (Lipinski definition) is 11. The second-order valence-corrected chi connectivity index (χ2v) is 10.2. The molecule has 0 radical (unpaired) electrons. The average Bonchev–Trinajstić information content (AvgIpc) is 2.71. The fraction of sp³-hybridized carbons (Fsp3) is 0.944. The minimum absolute atomic E-state index is 0.0553. The van der Waals surface area contributed by atoms with Crippen LogP contribution in [0.4, 0.5) is 0 Å². The van der Waals surface area contributed by atoms with E-state index in [0.717, 1.165) is 0 Å². The summed E-state index contributed by atoms with van der Waals surface area (Å²) < 4.78 is 65.8. The van der Waals surface area contributed by atoms with Gasteiger partial charge in [-0.3, -0.25) is 9.13 Å². The highest BCUT2D eigenvalue weighted by molar-refractivity contribution is 7.54. The van der Waals surface area contributed by atoms with E-state index < -0.39 is 21.2 Å². The molecule has 0 spiro atoms. The summed E-state index contributed by atoms with van der Waals surface area (Å²) in [5, 5.41) is 0. The highest BCUT2D eigenvalue weighted by Gasteiger charge is 2.23. The Morgan fingerprint density at radius 1 is 0.581 bits per heavy atom. The predicted molar refractivity (Wildman–Crippen MR) is 115 cm³/mol. The van der Waals surface area contributed by atoms with Crippen LogP contribution in [0.5, 0.6) is 0 Å². The van der Waals surface area contributed by atoms with Crippen molar-refractivity contribution in [1.29, 1.82) is 0 Å². The molecule has 0 bridgehead atoms. The molecule has 0 saturated heterocycles. The highest BCUT2D eigenvalue weighted by Crippen LogP contribution is 2.48. The van der Waals surface area contributed by atoms with Crippen molar-refractivity contribution < 1.29 is 51.0 Å². The fourth-order valence-corrected chi connectivity index (χ4v) is 5.15. The van der Waals surface area contributed by atoms with Crippen LogP contribution in [0.2, 0.25) is 0 Å². The summed E-state index contributed by atoms with van der Waals surface area (Å²) in [7, 11) is -6.27. The van der Waals surface area contributed by atoms with Crippen molar-refractivity contribution in [3.63, 3.8) is 0 Å². The van der Waals surface area contributed by atoms with Gasteiger partial charge in [-0.25, -0.2) is 4.79 Å². The van der Waals surface area contributed by atoms with Gasteiger partial charge in [-0.15, -0.1) is 0 Å². The van der Waals surface area contributed by atoms with Gasteiger partial charge in [0.05, 0.1) is 71.8 Å². The molecule has 0 aliphatic rings. The van der Waals surface area contributed by atoms with Gasteiger partial charge in [-0.2, -0.15) is 0 Å². The maximum absolute atomic E-state index is 12.2. The van der Waals surface area contributed by atoms with Crippen LogP contribution < -0.4 is 0 Å². The van der Waals surface area contributed by atoms with Gasteiger partial charge >= 0.3 is 21.2 Å². The summed E-state index contributed by atoms with van der Waals surface area (Å²) >= 11 is 0. The third-order valence-corrected chi connectivity index (χ3v) is 7.47. The Hall–Kier alpha value is -0.350. The lowest BCUT2D eigenvalue weighted by atomic mass is 10.6. The Bertz CT molecular complexity index is 525. The van der Waals surface area contributed by atoms with Gasteiger partial charge in [0.1, 0.15) is 13.2 Å². The second kappa shape index (κ2) is 19.1. The van der Waals surface area contributed by atoms with E-state index in [1.54, 1.807) is 27.7 Å². The number of hydrogen-bond donors (Lipinski definition) is 0. The molecule has 186 valence electrons. The van der Waals surface area contributed by atoms with E-state index in [1.807, 2.05) is 0 Å². The first-order valence-corrected chi connectivity index (χ1v) is 13.9. The molecule has 0 rings (SSSR count). The first-order chi connectivity index (χ1) is 14.8. The summed E-state index contributed by atoms with van der Waals surface area (Å²) in [6.07, 6.45) is 0.243. The maximum atomic E-state index is 12.2. The van der Waals surface area contributed by atoms with Crippen LogP contribution in [0, 0.1) is 0 Å². The topological polar surface area (TPSA) is 125 Å². The van der Waals surface area contributed by atoms with Crippen LogP contribution in [0.15, 0.2) is 0 Å². The van der Waals surface area contributed by atoms with Crippen molar-refractivity contribution in [2.24, 2.45) is 0 Å². The summed E-state index contributed by atoms with van der Waals surface area (Å²) in [5.74, 6) is -0.551. The van der Waals surface area contributed by atoms with Crippen molar-refractivity contribution >= 4 is 21.2 Å². The first kappa shape index (κ1) is 30.6. The number of rotatable bonds is 22. The van der Waals surface area contributed by atoms with Gasteiger partial charge in [0.15, 0.2) is 0 Å². The van der Waals surface area contributed by atoms with Crippen LogP contribution >= 0.6 is 15.2 Å². The van der Waals surface area contributed by atoms with E-state index >= 15 is 0 Å². The van der Waals surface area contributed by atoms with Gasteiger partial charge in [0.25, 0.3) is 0 Å². The lowest BCUT2D eigenvalue weighted by molar-refractivity contribution is -0.150. The number of carbonyl (C=O) groups is 1. The normalized spacial score (nSPS) is 12.3. The van der Waals surface area contributed by atoms with E-state index in [0.29, 0.717) is 26.4 Å². The first-order valence-electron chi connectivity index (χ1n) is 10.5. The van der Waals surface area contributed by atoms with E-state index in [1.165, 1.54) is 0 Å². The molecule has 0 fully saturated rings. The Labute approximate surface area is 185 Å². The monoisotopic (exact) mass is 492 g/mol. The largest absolute Gasteiger partial charge is 0.462 e. The van der Waals surface area contributed by atoms with Gasteiger partial charge in [0.2, 0.25) is 0 Å². The lowest BCUT2D eigenvalue weighted by Gasteiger charge is -2.16. The third kappa shape index (κ3) is 16.9. The Balaban J connectivity index is 3.68. The van der Waals surface area contributed by atoms with Crippen LogP contribution in [0.25, 0.3) is 0 Å². The predicted octanol–water partition coefficient (Wildman–Crippen LogP) is 3.11. The molecule has 0 unspecified atom stereocenters. The smallest absolute Gasteiger partial charge is 0.332 e. The van der Waals surface area contributed by atoms with Crippen molar-refractivity contribution in [3.8, 4) is 0 Å². The fourth-order valence-electron chi connectivity index (χ4n) is 2.21. The summed E-state index contributed by atoms with van der Waals surface area (Å²) in [4.78, 5) is 11.6. The highest BCUT2D eigenvalue weighted by atomic mass is 31.2. The Morgan fingerprint density at radius 3 is 1.42 bits per heavy atom. The van der Waals surface area contributed by atoms with Gasteiger partial charge < -0.3 is 37.0 Å². The Kier molecular flexibility index (Phi) is 18.9. The van der Waals surface area contributed by atoms with Gasteiger partial charge in [-0.05, 0) is 27.7 Å². The molecule has 0 aromatic rings. The van der Waals surface area contributed by atoms with Crippen molar-refractivity contribution in [3.05, 3.63) is 0 Å². The molecule has 13 heteroatoms. The van der Waals surface area contributed by atoms with Crippen LogP contribution in [-0.4, -0.2) is 91.0 Å². The maximum Gasteiger partial charge on any atom is 0.332 e. The van der Waals surface area contributed by atoms with Crippen LogP contribution in [0.3, 0.4) is 0 Å². The Morgan fingerprint density at radius 2 is 0.968 bits per heavy atom. The van der Waals surface area contributed by atoms with E-state index in [-0.39, 0.29) is 58.6 Å². The van der Waals surface area contributed by atoms with Crippen molar-refractivity contribution in [2.75, 3.05) is 85.0 Å². The molecule has 0 aliphatic heterocycles. The molecule has 0 aliphatic carbocycles. The number of carbonyl (C=O) groups excluding carboxylic acids is 1. The number of ether oxygens (including phenoxy) is 4. The molecule has 0 N–H and O–H groups in total. The van der Waals surface area contributed by atoms with Crippen LogP contribution in [-0.2, 0) is 51.0 Å². The zero-order valence-corrected chi connectivity index (χ0v) is 20.9. The standard InChI is InChI=1S/C18H38O11P2/c1-5-26-30(20,27-6-2)15-13-23-10-9-22-11-12-25-18(19)17-24-14-16-31(21,28-7-3)29-8-4/h5-17H2,1-4H3. The zero-order valence-electron chi connectivity index (χ0n) is 19.1. The molecular weight excluding hydrogens is 454 g/mol. The molecule has 0 aromatic heterocycles. The van der Waals surface area contributed by atoms with Gasteiger partial charge in [0, 0.05) is 0 Å². The minimum Gasteiger partial charge on any atom is -0.462 e. The molecule has 31 heavy (non-hydrogen) atoms. The summed E-state index contributed by atoms with van der Waals surface area (Å²) in [6.45, 7) is 9.01. The van der Waals surface area contributed by atoms with E-state index in [9.17, 15) is 13.9 Å². The molecule has 0 aromatic carbocycles. The van der Waals surface area contributed by atoms with Crippen LogP contribution in [0.1, 0.15) is 27.7 Å². The summed E-state index contributed by atoms with van der Waals surface area (Å²) in [6, 6.07) is 0. The molecule has 0 amide bonds. The van der Waals surface area contributed by atoms with Crippen molar-refractivity contribution in [2.45, 2.75) is 27.7 Å². The van der Waals surface area contributed by atoms with E-state index in [2.05, 4.69) is 0 Å². The van der Waals surface area contributed by atoms with E-state index in [4.69, 9.17) is 37.0 Å². The molecule has 0 atom stereocenters. The average molecular weight is 492 g/mol. The van der Waals surface area contributed by atoms with Crippen molar-refractivity contribution in [1.82, 2.24) is 0 Å². The molecular formula is C18H38O11P2. The molecule has 11 nitrogen and oxygen atoms in total.